The predicted octanol–water partition coefficient (Wildman–Crippen LogP) is 1.79. The standard InChI is InChI=1S/C28H34N6O4/c1-33-16-28(15-29,17-33)25-22(27(35)36)21-7-4-19-14-30-26(32-23(19)24(21)31-25)18-2-5-20(6-3-18)38-13-10-34-8-11-37-12-9-34/h2-3,5-6,14,31H,4,7-13,15-17,29H2,1H3,(H,35,36). The Bertz CT molecular complexity index is 1330. The van der Waals surface area contributed by atoms with Crippen molar-refractivity contribution in [2.45, 2.75) is 18.3 Å². The van der Waals surface area contributed by atoms with Crippen LogP contribution in [0.3, 0.4) is 0 Å². The highest BCUT2D eigenvalue weighted by Gasteiger charge is 2.46. The number of aromatic nitrogens is 3. The second-order valence-corrected chi connectivity index (χ2v) is 10.6. The van der Waals surface area contributed by atoms with E-state index in [4.69, 9.17) is 20.2 Å². The molecule has 2 aromatic heterocycles. The zero-order valence-electron chi connectivity index (χ0n) is 21.7. The number of carboxylic acid groups (broad SMARTS) is 1. The van der Waals surface area contributed by atoms with Crippen molar-refractivity contribution < 1.29 is 19.4 Å². The van der Waals surface area contributed by atoms with Gasteiger partial charge in [-0.1, -0.05) is 0 Å². The van der Waals surface area contributed by atoms with Gasteiger partial charge in [0.05, 0.1) is 30.2 Å². The first kappa shape index (κ1) is 25.0. The summed E-state index contributed by atoms with van der Waals surface area (Å²) < 4.78 is 11.3. The number of nitrogens with zero attached hydrogens (tertiary/aromatic N) is 4. The average Bonchev–Trinajstić information content (AvgIpc) is 3.33. The minimum Gasteiger partial charge on any atom is -0.492 e. The van der Waals surface area contributed by atoms with E-state index in [1.165, 1.54) is 0 Å². The summed E-state index contributed by atoms with van der Waals surface area (Å²) >= 11 is 0. The molecule has 0 atom stereocenters. The molecule has 38 heavy (non-hydrogen) atoms. The molecule has 0 saturated carbocycles. The van der Waals surface area contributed by atoms with E-state index in [1.807, 2.05) is 37.5 Å². The molecular weight excluding hydrogens is 484 g/mol. The first-order chi connectivity index (χ1) is 18.5. The summed E-state index contributed by atoms with van der Waals surface area (Å²) in [5.41, 5.74) is 11.2. The van der Waals surface area contributed by atoms with E-state index >= 15 is 0 Å². The van der Waals surface area contributed by atoms with Crippen LogP contribution in [0.5, 0.6) is 5.75 Å². The number of nitrogens with one attached hydrogen (secondary N) is 1. The summed E-state index contributed by atoms with van der Waals surface area (Å²) in [5, 5.41) is 10.2. The van der Waals surface area contributed by atoms with Gasteiger partial charge in [-0.25, -0.2) is 14.8 Å². The quantitative estimate of drug-likeness (QED) is 0.409. The molecule has 6 rings (SSSR count). The number of morpholine rings is 1. The monoisotopic (exact) mass is 518 g/mol. The molecule has 0 bridgehead atoms. The summed E-state index contributed by atoms with van der Waals surface area (Å²) in [4.78, 5) is 29.9. The number of fused-ring (bicyclic) bond motifs is 3. The summed E-state index contributed by atoms with van der Waals surface area (Å²) in [6.07, 6.45) is 3.20. The Morgan fingerprint density at radius 2 is 1.97 bits per heavy atom. The van der Waals surface area contributed by atoms with E-state index in [0.717, 1.165) is 85.5 Å². The minimum absolute atomic E-state index is 0.364. The Balaban J connectivity index is 1.25. The second-order valence-electron chi connectivity index (χ2n) is 10.6. The Morgan fingerprint density at radius 3 is 2.66 bits per heavy atom. The molecule has 1 aliphatic carbocycles. The van der Waals surface area contributed by atoms with Crippen LogP contribution in [0.2, 0.25) is 0 Å². The van der Waals surface area contributed by atoms with Gasteiger partial charge in [0.1, 0.15) is 12.4 Å². The molecular formula is C28H34N6O4. The molecule has 10 nitrogen and oxygen atoms in total. The molecule has 0 radical (unpaired) electrons. The third-order valence-corrected chi connectivity index (χ3v) is 8.02. The predicted molar refractivity (Wildman–Crippen MR) is 143 cm³/mol. The number of aromatic amines is 1. The molecule has 3 aromatic rings. The second kappa shape index (κ2) is 10.1. The number of benzene rings is 1. The number of likely N-dealkylation sites (N-methyl/N-ethyl adjacent to an activating group) is 1. The number of nitrogens with two attached hydrogens (primary N) is 1. The molecule has 0 amide bonds. The van der Waals surface area contributed by atoms with Gasteiger partial charge in [-0.2, -0.15) is 0 Å². The van der Waals surface area contributed by atoms with Crippen LogP contribution in [0, 0.1) is 0 Å². The molecule has 2 fully saturated rings. The largest absolute Gasteiger partial charge is 0.492 e. The van der Waals surface area contributed by atoms with Gasteiger partial charge in [0, 0.05) is 62.1 Å². The lowest BCUT2D eigenvalue weighted by Crippen LogP contribution is -2.61. The third kappa shape index (κ3) is 4.47. The molecule has 2 saturated heterocycles. The van der Waals surface area contributed by atoms with Crippen molar-refractivity contribution in [1.29, 1.82) is 0 Å². The lowest BCUT2D eigenvalue weighted by Gasteiger charge is -2.48. The molecule has 2 aliphatic heterocycles. The van der Waals surface area contributed by atoms with Crippen LogP contribution in [0.25, 0.3) is 22.8 Å². The zero-order valence-corrected chi connectivity index (χ0v) is 21.7. The summed E-state index contributed by atoms with van der Waals surface area (Å²) in [7, 11) is 2.02. The maximum Gasteiger partial charge on any atom is 0.337 e. The number of aryl methyl sites for hydroxylation is 1. The van der Waals surface area contributed by atoms with Gasteiger partial charge in [0.15, 0.2) is 5.82 Å². The summed E-state index contributed by atoms with van der Waals surface area (Å²) in [6.45, 7) is 6.80. The smallest absolute Gasteiger partial charge is 0.337 e. The number of ether oxygens (including phenoxy) is 2. The molecule has 1 aromatic carbocycles. The number of aromatic carboxylic acids is 1. The zero-order chi connectivity index (χ0) is 26.3. The van der Waals surface area contributed by atoms with Crippen molar-refractivity contribution in [2.24, 2.45) is 5.73 Å². The van der Waals surface area contributed by atoms with E-state index in [0.29, 0.717) is 37.4 Å². The topological polar surface area (TPSA) is 130 Å². The van der Waals surface area contributed by atoms with Gasteiger partial charge >= 0.3 is 5.97 Å². The number of likely N-dealkylation sites (tertiary alicyclic amines) is 1. The van der Waals surface area contributed by atoms with Gasteiger partial charge in [0.25, 0.3) is 0 Å². The minimum atomic E-state index is -0.915. The van der Waals surface area contributed by atoms with Gasteiger partial charge in [0.2, 0.25) is 0 Å². The SMILES string of the molecule is CN1CC(CN)(c2[nH]c3c(c2C(=O)O)CCc2cnc(-c4ccc(OCCN5CCOCC5)cc4)nc2-3)C1. The van der Waals surface area contributed by atoms with Crippen LogP contribution in [-0.2, 0) is 23.0 Å². The normalized spacial score (nSPS) is 18.9. The lowest BCUT2D eigenvalue weighted by molar-refractivity contribution is 0.0322. The molecule has 0 unspecified atom stereocenters. The number of hydrogen-bond acceptors (Lipinski definition) is 8. The van der Waals surface area contributed by atoms with Gasteiger partial charge in [-0.15, -0.1) is 0 Å². The molecule has 3 aliphatic rings. The van der Waals surface area contributed by atoms with Crippen LogP contribution in [0.1, 0.15) is 27.2 Å². The molecule has 4 heterocycles. The summed E-state index contributed by atoms with van der Waals surface area (Å²) in [5.74, 6) is 0.489. The Hall–Kier alpha value is -3.31. The van der Waals surface area contributed by atoms with E-state index in [1.54, 1.807) is 0 Å². The van der Waals surface area contributed by atoms with E-state index in [-0.39, 0.29) is 5.41 Å². The van der Waals surface area contributed by atoms with Crippen molar-refractivity contribution in [3.63, 3.8) is 0 Å². The fourth-order valence-electron chi connectivity index (χ4n) is 6.02. The Labute approximate surface area is 221 Å². The molecule has 0 spiro atoms. The third-order valence-electron chi connectivity index (χ3n) is 8.02. The fraction of sp³-hybridized carbons (Fsp3) is 0.464. The van der Waals surface area contributed by atoms with Gasteiger partial charge in [-0.05, 0) is 55.3 Å². The highest BCUT2D eigenvalue weighted by Crippen LogP contribution is 2.42. The van der Waals surface area contributed by atoms with E-state index < -0.39 is 5.97 Å². The first-order valence-electron chi connectivity index (χ1n) is 13.2. The number of carbonyl (C=O) groups is 1. The maximum atomic E-state index is 12.4. The fourth-order valence-corrected chi connectivity index (χ4v) is 6.02. The first-order valence-corrected chi connectivity index (χ1v) is 13.2. The molecule has 4 N–H and O–H groups in total. The highest BCUT2D eigenvalue weighted by molar-refractivity contribution is 5.95. The maximum absolute atomic E-state index is 12.4. The average molecular weight is 519 g/mol. The van der Waals surface area contributed by atoms with Crippen molar-refractivity contribution in [1.82, 2.24) is 24.8 Å². The molecule has 200 valence electrons. The van der Waals surface area contributed by atoms with Gasteiger partial charge in [-0.3, -0.25) is 4.90 Å². The van der Waals surface area contributed by atoms with Crippen LogP contribution >= 0.6 is 0 Å². The number of rotatable bonds is 8. The van der Waals surface area contributed by atoms with Crippen molar-refractivity contribution in [3.8, 4) is 28.5 Å². The van der Waals surface area contributed by atoms with Gasteiger partial charge < -0.3 is 30.2 Å². The molecule has 10 heteroatoms. The van der Waals surface area contributed by atoms with Crippen LogP contribution in [0.15, 0.2) is 30.5 Å². The number of carboxylic acids is 1. The Kier molecular flexibility index (Phi) is 6.65. The van der Waals surface area contributed by atoms with E-state index in [9.17, 15) is 9.90 Å². The number of hydrogen-bond donors (Lipinski definition) is 3. The number of H-pyrrole nitrogens is 1. The van der Waals surface area contributed by atoms with Crippen LogP contribution in [-0.4, -0.2) is 102 Å². The van der Waals surface area contributed by atoms with Crippen LogP contribution in [0.4, 0.5) is 0 Å². The van der Waals surface area contributed by atoms with Crippen molar-refractivity contribution >= 4 is 5.97 Å². The highest BCUT2D eigenvalue weighted by atomic mass is 16.5. The summed E-state index contributed by atoms with van der Waals surface area (Å²) in [6, 6.07) is 7.81. The van der Waals surface area contributed by atoms with E-state index in [2.05, 4.69) is 19.8 Å². The van der Waals surface area contributed by atoms with Crippen molar-refractivity contribution in [2.75, 3.05) is 66.1 Å². The lowest BCUT2D eigenvalue weighted by atomic mass is 9.75. The Morgan fingerprint density at radius 1 is 1.21 bits per heavy atom. The van der Waals surface area contributed by atoms with Crippen molar-refractivity contribution in [3.05, 3.63) is 52.8 Å². The van der Waals surface area contributed by atoms with Crippen LogP contribution < -0.4 is 10.5 Å².